The van der Waals surface area contributed by atoms with Crippen LogP contribution < -0.4 is 4.74 Å². The molecule has 0 unspecified atom stereocenters. The Morgan fingerprint density at radius 3 is 2.70 bits per heavy atom. The van der Waals surface area contributed by atoms with Gasteiger partial charge < -0.3 is 4.74 Å². The van der Waals surface area contributed by atoms with Gasteiger partial charge in [-0.1, -0.05) is 12.1 Å². The zero-order valence-electron chi connectivity index (χ0n) is 9.98. The molecule has 2 heterocycles. The molecular formula is C13H8F3N3O. The number of ether oxygens (including phenoxy) is 1. The number of fused-ring (bicyclic) bond motifs is 1. The quantitative estimate of drug-likeness (QED) is 0.780. The Morgan fingerprint density at radius 2 is 1.90 bits per heavy atom. The number of benzene rings is 1. The van der Waals surface area contributed by atoms with Crippen molar-refractivity contribution in [1.29, 1.82) is 0 Å². The van der Waals surface area contributed by atoms with E-state index >= 15 is 0 Å². The highest BCUT2D eigenvalue weighted by molar-refractivity contribution is 5.79. The summed E-state index contributed by atoms with van der Waals surface area (Å²) in [5.74, 6) is -0.264. The summed E-state index contributed by atoms with van der Waals surface area (Å²) in [6.45, 7) is 0. The molecule has 7 heteroatoms. The largest absolute Gasteiger partial charge is 0.573 e. The molecule has 0 aliphatic carbocycles. The lowest BCUT2D eigenvalue weighted by Gasteiger charge is -2.10. The van der Waals surface area contributed by atoms with E-state index in [1.807, 2.05) is 0 Å². The van der Waals surface area contributed by atoms with Crippen LogP contribution in [0, 0.1) is 0 Å². The number of alkyl halides is 3. The maximum atomic E-state index is 12.2. The molecule has 0 spiro atoms. The highest BCUT2D eigenvalue weighted by Gasteiger charge is 2.31. The van der Waals surface area contributed by atoms with Crippen molar-refractivity contribution in [2.75, 3.05) is 0 Å². The molecule has 0 bridgehead atoms. The molecule has 0 saturated carbocycles. The maximum absolute atomic E-state index is 12.2. The molecule has 3 rings (SSSR count). The van der Waals surface area contributed by atoms with Crippen molar-refractivity contribution in [2.24, 2.45) is 0 Å². The minimum absolute atomic E-state index is 0.264. The van der Waals surface area contributed by atoms with Crippen molar-refractivity contribution in [3.05, 3.63) is 42.7 Å². The summed E-state index contributed by atoms with van der Waals surface area (Å²) in [6, 6.07) is 7.50. The predicted molar refractivity (Wildman–Crippen MR) is 66.0 cm³/mol. The molecule has 0 aliphatic rings. The lowest BCUT2D eigenvalue weighted by molar-refractivity contribution is -0.274. The van der Waals surface area contributed by atoms with Gasteiger partial charge in [0.05, 0.1) is 11.7 Å². The first-order valence-electron chi connectivity index (χ1n) is 5.66. The molecule has 102 valence electrons. The number of halogens is 3. The van der Waals surface area contributed by atoms with Crippen LogP contribution in [0.4, 0.5) is 13.2 Å². The molecule has 0 radical (unpaired) electrons. The van der Waals surface area contributed by atoms with Gasteiger partial charge in [-0.3, -0.25) is 10.1 Å². The minimum Gasteiger partial charge on any atom is -0.406 e. The van der Waals surface area contributed by atoms with E-state index in [0.29, 0.717) is 22.2 Å². The molecule has 1 aromatic carbocycles. The Bertz CT molecular complexity index is 752. The van der Waals surface area contributed by atoms with Gasteiger partial charge in [-0.05, 0) is 23.8 Å². The van der Waals surface area contributed by atoms with E-state index in [1.165, 1.54) is 18.2 Å². The van der Waals surface area contributed by atoms with Crippen molar-refractivity contribution in [1.82, 2.24) is 15.2 Å². The van der Waals surface area contributed by atoms with E-state index in [-0.39, 0.29) is 5.75 Å². The second kappa shape index (κ2) is 4.52. The number of hydrogen-bond donors (Lipinski definition) is 1. The van der Waals surface area contributed by atoms with Gasteiger partial charge in [0.2, 0.25) is 0 Å². The molecule has 0 amide bonds. The van der Waals surface area contributed by atoms with E-state index in [2.05, 4.69) is 19.9 Å². The molecule has 20 heavy (non-hydrogen) atoms. The van der Waals surface area contributed by atoms with Crippen molar-refractivity contribution in [3.8, 4) is 16.9 Å². The minimum atomic E-state index is -4.70. The normalized spacial score (nSPS) is 11.8. The van der Waals surface area contributed by atoms with Crippen LogP contribution in [0.3, 0.4) is 0 Å². The standard InChI is InChI=1S/C13H8F3N3O/c14-13(15,16)20-10-3-1-2-8(4-10)9-5-11-12(17-6-9)7-18-19-11/h1-7H,(H,18,19). The Kier molecular flexibility index (Phi) is 2.81. The van der Waals surface area contributed by atoms with Crippen molar-refractivity contribution in [3.63, 3.8) is 0 Å². The monoisotopic (exact) mass is 279 g/mol. The van der Waals surface area contributed by atoms with E-state index in [4.69, 9.17) is 0 Å². The molecule has 3 aromatic rings. The van der Waals surface area contributed by atoms with Crippen LogP contribution >= 0.6 is 0 Å². The fourth-order valence-corrected chi connectivity index (χ4v) is 1.86. The second-order valence-corrected chi connectivity index (χ2v) is 4.10. The summed E-state index contributed by atoms with van der Waals surface area (Å²) in [5.41, 5.74) is 2.66. The van der Waals surface area contributed by atoms with Crippen LogP contribution in [0.5, 0.6) is 5.75 Å². The predicted octanol–water partition coefficient (Wildman–Crippen LogP) is 3.52. The Morgan fingerprint density at radius 1 is 1.05 bits per heavy atom. The van der Waals surface area contributed by atoms with Crippen LogP contribution in [0.25, 0.3) is 22.2 Å². The number of nitrogens with zero attached hydrogens (tertiary/aromatic N) is 2. The third kappa shape index (κ3) is 2.56. The van der Waals surface area contributed by atoms with E-state index in [9.17, 15) is 13.2 Å². The fourth-order valence-electron chi connectivity index (χ4n) is 1.86. The molecule has 0 fully saturated rings. The Labute approximate surface area is 111 Å². The number of pyridine rings is 1. The summed E-state index contributed by atoms with van der Waals surface area (Å²) >= 11 is 0. The number of nitrogens with one attached hydrogen (secondary N) is 1. The first-order chi connectivity index (χ1) is 9.51. The summed E-state index contributed by atoms with van der Waals surface area (Å²) in [4.78, 5) is 4.17. The number of aromatic nitrogens is 3. The average Bonchev–Trinajstić information content (AvgIpc) is 2.84. The number of aromatic amines is 1. The van der Waals surface area contributed by atoms with Crippen LogP contribution in [-0.2, 0) is 0 Å². The fraction of sp³-hybridized carbons (Fsp3) is 0.0769. The molecular weight excluding hydrogens is 271 g/mol. The highest BCUT2D eigenvalue weighted by Crippen LogP contribution is 2.28. The van der Waals surface area contributed by atoms with Gasteiger partial charge in [0, 0.05) is 11.8 Å². The molecule has 4 nitrogen and oxygen atoms in total. The van der Waals surface area contributed by atoms with Gasteiger partial charge in [-0.25, -0.2) is 0 Å². The Hall–Kier alpha value is -2.57. The lowest BCUT2D eigenvalue weighted by Crippen LogP contribution is -2.17. The summed E-state index contributed by atoms with van der Waals surface area (Å²) < 4.78 is 40.5. The summed E-state index contributed by atoms with van der Waals surface area (Å²) in [6.07, 6.45) is -1.56. The SMILES string of the molecule is FC(F)(F)Oc1cccc(-c2cnc3cn[nH]c3c2)c1. The second-order valence-electron chi connectivity index (χ2n) is 4.10. The molecule has 2 aromatic heterocycles. The molecule has 0 saturated heterocycles. The van der Waals surface area contributed by atoms with Gasteiger partial charge in [-0.2, -0.15) is 5.10 Å². The van der Waals surface area contributed by atoms with E-state index < -0.39 is 6.36 Å². The van der Waals surface area contributed by atoms with Crippen molar-refractivity contribution >= 4 is 11.0 Å². The summed E-state index contributed by atoms with van der Waals surface area (Å²) in [5, 5.41) is 6.60. The van der Waals surface area contributed by atoms with E-state index in [0.717, 1.165) is 0 Å². The van der Waals surface area contributed by atoms with Gasteiger partial charge in [0.1, 0.15) is 11.3 Å². The smallest absolute Gasteiger partial charge is 0.406 e. The first-order valence-corrected chi connectivity index (χ1v) is 5.66. The third-order valence-electron chi connectivity index (χ3n) is 2.69. The highest BCUT2D eigenvalue weighted by atomic mass is 19.4. The maximum Gasteiger partial charge on any atom is 0.573 e. The molecule has 0 atom stereocenters. The van der Waals surface area contributed by atoms with Crippen LogP contribution in [0.2, 0.25) is 0 Å². The van der Waals surface area contributed by atoms with Crippen molar-refractivity contribution < 1.29 is 17.9 Å². The van der Waals surface area contributed by atoms with Crippen LogP contribution in [-0.4, -0.2) is 21.5 Å². The van der Waals surface area contributed by atoms with Crippen molar-refractivity contribution in [2.45, 2.75) is 6.36 Å². The third-order valence-corrected chi connectivity index (χ3v) is 2.69. The van der Waals surface area contributed by atoms with Crippen LogP contribution in [0.1, 0.15) is 0 Å². The number of H-pyrrole nitrogens is 1. The van der Waals surface area contributed by atoms with Gasteiger partial charge in [-0.15, -0.1) is 13.2 Å². The zero-order valence-corrected chi connectivity index (χ0v) is 9.98. The average molecular weight is 279 g/mol. The Balaban J connectivity index is 1.98. The number of rotatable bonds is 2. The first kappa shape index (κ1) is 12.5. The lowest BCUT2D eigenvalue weighted by atomic mass is 10.1. The number of hydrogen-bond acceptors (Lipinski definition) is 3. The van der Waals surface area contributed by atoms with Crippen LogP contribution in [0.15, 0.2) is 42.7 Å². The van der Waals surface area contributed by atoms with Gasteiger partial charge in [0.15, 0.2) is 0 Å². The van der Waals surface area contributed by atoms with E-state index in [1.54, 1.807) is 24.5 Å². The zero-order chi connectivity index (χ0) is 14.2. The van der Waals surface area contributed by atoms with Gasteiger partial charge >= 0.3 is 6.36 Å². The molecule has 1 N–H and O–H groups in total. The topological polar surface area (TPSA) is 50.8 Å². The van der Waals surface area contributed by atoms with Gasteiger partial charge in [0.25, 0.3) is 0 Å². The summed E-state index contributed by atoms with van der Waals surface area (Å²) in [7, 11) is 0. The molecule has 0 aliphatic heterocycles.